The summed E-state index contributed by atoms with van der Waals surface area (Å²) < 4.78 is 17.5. The van der Waals surface area contributed by atoms with Crippen LogP contribution in [-0.2, 0) is 6.54 Å². The van der Waals surface area contributed by atoms with Gasteiger partial charge in [0.2, 0.25) is 0 Å². The van der Waals surface area contributed by atoms with Crippen LogP contribution in [-0.4, -0.2) is 31.6 Å². The lowest BCUT2D eigenvalue weighted by atomic mass is 10.1. The van der Waals surface area contributed by atoms with Crippen molar-refractivity contribution < 1.29 is 19.0 Å². The van der Waals surface area contributed by atoms with Gasteiger partial charge in [0.25, 0.3) is 5.91 Å². The fourth-order valence-corrected chi connectivity index (χ4v) is 4.01. The maximum absolute atomic E-state index is 13.2. The van der Waals surface area contributed by atoms with Crippen LogP contribution in [0.15, 0.2) is 71.2 Å². The second kappa shape index (κ2) is 8.79. The highest BCUT2D eigenvalue weighted by atomic mass is 79.9. The molecule has 0 saturated heterocycles. The number of rotatable bonds is 7. The first-order chi connectivity index (χ1) is 14.6. The molecule has 1 aliphatic rings. The van der Waals surface area contributed by atoms with Gasteiger partial charge in [-0.15, -0.1) is 0 Å². The van der Waals surface area contributed by atoms with E-state index in [1.165, 1.54) is 0 Å². The Labute approximate surface area is 184 Å². The second-order valence-corrected chi connectivity index (χ2v) is 7.93. The van der Waals surface area contributed by atoms with Crippen LogP contribution in [0.2, 0.25) is 0 Å². The SMILES string of the molecule is COc1ccc(OCC(c2ccc(OC)cc2)N2Cc3cc(Br)ccc3C2=O)cc1. The normalized spacial score (nSPS) is 13.7. The predicted octanol–water partition coefficient (Wildman–Crippen LogP) is 5.24. The maximum atomic E-state index is 13.2. The van der Waals surface area contributed by atoms with E-state index in [-0.39, 0.29) is 11.9 Å². The lowest BCUT2D eigenvalue weighted by Gasteiger charge is -2.28. The average Bonchev–Trinajstić information content (AvgIpc) is 3.10. The first-order valence-corrected chi connectivity index (χ1v) is 10.4. The predicted molar refractivity (Wildman–Crippen MR) is 118 cm³/mol. The van der Waals surface area contributed by atoms with Gasteiger partial charge < -0.3 is 19.1 Å². The molecule has 0 aliphatic carbocycles. The largest absolute Gasteiger partial charge is 0.497 e. The monoisotopic (exact) mass is 467 g/mol. The number of benzene rings is 3. The summed E-state index contributed by atoms with van der Waals surface area (Å²) in [5.41, 5.74) is 2.74. The van der Waals surface area contributed by atoms with Crippen LogP contribution in [0.1, 0.15) is 27.5 Å². The molecular weight excluding hydrogens is 446 g/mol. The Morgan fingerprint density at radius 3 is 2.13 bits per heavy atom. The zero-order valence-corrected chi connectivity index (χ0v) is 18.4. The maximum Gasteiger partial charge on any atom is 0.255 e. The third kappa shape index (κ3) is 4.14. The highest BCUT2D eigenvalue weighted by Gasteiger charge is 2.34. The van der Waals surface area contributed by atoms with Crippen molar-refractivity contribution >= 4 is 21.8 Å². The summed E-state index contributed by atoms with van der Waals surface area (Å²) in [5, 5.41) is 0. The number of halogens is 1. The molecule has 0 fully saturated rings. The number of nitrogens with zero attached hydrogens (tertiary/aromatic N) is 1. The number of amides is 1. The Balaban J connectivity index is 1.60. The van der Waals surface area contributed by atoms with E-state index in [2.05, 4.69) is 15.9 Å². The van der Waals surface area contributed by atoms with Gasteiger partial charge in [0.1, 0.15) is 23.9 Å². The van der Waals surface area contributed by atoms with E-state index >= 15 is 0 Å². The number of ether oxygens (including phenoxy) is 3. The minimum Gasteiger partial charge on any atom is -0.497 e. The molecule has 0 bridgehead atoms. The molecule has 1 aliphatic heterocycles. The fourth-order valence-electron chi connectivity index (χ4n) is 3.60. The van der Waals surface area contributed by atoms with E-state index in [0.29, 0.717) is 13.2 Å². The Hall–Kier alpha value is -2.99. The van der Waals surface area contributed by atoms with E-state index in [1.807, 2.05) is 71.6 Å². The molecule has 5 nitrogen and oxygen atoms in total. The number of carbonyl (C=O) groups excluding carboxylic acids is 1. The lowest BCUT2D eigenvalue weighted by Crippen LogP contribution is -2.33. The Bertz CT molecular complexity index is 1030. The molecule has 1 heterocycles. The molecule has 30 heavy (non-hydrogen) atoms. The van der Waals surface area contributed by atoms with Crippen molar-refractivity contribution in [1.82, 2.24) is 4.90 Å². The van der Waals surface area contributed by atoms with Gasteiger partial charge in [-0.2, -0.15) is 0 Å². The van der Waals surface area contributed by atoms with E-state index in [4.69, 9.17) is 14.2 Å². The number of methoxy groups -OCH3 is 2. The molecule has 0 radical (unpaired) electrons. The Kier molecular flexibility index (Phi) is 5.95. The van der Waals surface area contributed by atoms with Crippen molar-refractivity contribution in [1.29, 1.82) is 0 Å². The Morgan fingerprint density at radius 2 is 1.50 bits per heavy atom. The summed E-state index contributed by atoms with van der Waals surface area (Å²) in [4.78, 5) is 15.0. The molecule has 1 amide bonds. The topological polar surface area (TPSA) is 48.0 Å². The molecule has 3 aromatic carbocycles. The van der Waals surface area contributed by atoms with Crippen molar-refractivity contribution in [2.45, 2.75) is 12.6 Å². The minimum atomic E-state index is -0.239. The van der Waals surface area contributed by atoms with Crippen LogP contribution in [0.5, 0.6) is 17.2 Å². The van der Waals surface area contributed by atoms with Gasteiger partial charge in [-0.05, 0) is 65.7 Å². The summed E-state index contributed by atoms with van der Waals surface area (Å²) in [5.74, 6) is 2.27. The van der Waals surface area contributed by atoms with Crippen molar-refractivity contribution in [2.24, 2.45) is 0 Å². The molecule has 0 N–H and O–H groups in total. The molecule has 154 valence electrons. The number of hydrogen-bond donors (Lipinski definition) is 0. The number of fused-ring (bicyclic) bond motifs is 1. The zero-order valence-electron chi connectivity index (χ0n) is 16.8. The van der Waals surface area contributed by atoms with Gasteiger partial charge in [-0.1, -0.05) is 28.1 Å². The van der Waals surface area contributed by atoms with Gasteiger partial charge in [-0.25, -0.2) is 0 Å². The van der Waals surface area contributed by atoms with E-state index in [9.17, 15) is 4.79 Å². The van der Waals surface area contributed by atoms with Gasteiger partial charge in [0.05, 0.1) is 20.3 Å². The summed E-state index contributed by atoms with van der Waals surface area (Å²) in [7, 11) is 3.27. The van der Waals surface area contributed by atoms with E-state index < -0.39 is 0 Å². The van der Waals surface area contributed by atoms with Gasteiger partial charge in [-0.3, -0.25) is 4.79 Å². The molecule has 6 heteroatoms. The van der Waals surface area contributed by atoms with Crippen LogP contribution in [0, 0.1) is 0 Å². The minimum absolute atomic E-state index is 0.0108. The second-order valence-electron chi connectivity index (χ2n) is 7.01. The molecular formula is C24H22BrNO4. The van der Waals surface area contributed by atoms with Crippen molar-refractivity contribution in [3.63, 3.8) is 0 Å². The van der Waals surface area contributed by atoms with Crippen LogP contribution in [0.3, 0.4) is 0 Å². The first-order valence-electron chi connectivity index (χ1n) is 9.59. The summed E-state index contributed by atoms with van der Waals surface area (Å²) >= 11 is 3.50. The molecule has 1 atom stereocenters. The first kappa shape index (κ1) is 20.3. The molecule has 3 aromatic rings. The smallest absolute Gasteiger partial charge is 0.255 e. The summed E-state index contributed by atoms with van der Waals surface area (Å²) in [6.07, 6.45) is 0. The molecule has 1 unspecified atom stereocenters. The number of carbonyl (C=O) groups is 1. The number of hydrogen-bond acceptors (Lipinski definition) is 4. The fraction of sp³-hybridized carbons (Fsp3) is 0.208. The average molecular weight is 468 g/mol. The van der Waals surface area contributed by atoms with Gasteiger partial charge in [0.15, 0.2) is 0 Å². The highest BCUT2D eigenvalue weighted by Crippen LogP contribution is 2.34. The Morgan fingerprint density at radius 1 is 0.900 bits per heavy atom. The van der Waals surface area contributed by atoms with Crippen LogP contribution in [0.4, 0.5) is 0 Å². The summed E-state index contributed by atoms with van der Waals surface area (Å²) in [6.45, 7) is 0.871. The third-order valence-electron chi connectivity index (χ3n) is 5.24. The van der Waals surface area contributed by atoms with E-state index in [0.717, 1.165) is 38.4 Å². The molecule has 0 saturated carbocycles. The van der Waals surface area contributed by atoms with Crippen LogP contribution < -0.4 is 14.2 Å². The lowest BCUT2D eigenvalue weighted by molar-refractivity contribution is 0.0635. The van der Waals surface area contributed by atoms with Gasteiger partial charge in [0, 0.05) is 16.6 Å². The van der Waals surface area contributed by atoms with E-state index in [1.54, 1.807) is 14.2 Å². The highest BCUT2D eigenvalue weighted by molar-refractivity contribution is 9.10. The third-order valence-corrected chi connectivity index (χ3v) is 5.74. The standard InChI is InChI=1S/C24H22BrNO4/c1-28-19-6-3-16(4-7-19)23(15-30-21-10-8-20(29-2)9-11-21)26-14-17-13-18(25)5-12-22(17)24(26)27/h3-13,23H,14-15H2,1-2H3. The van der Waals surface area contributed by atoms with Crippen molar-refractivity contribution in [2.75, 3.05) is 20.8 Å². The molecule has 0 aromatic heterocycles. The zero-order chi connectivity index (χ0) is 21.1. The van der Waals surface area contributed by atoms with Crippen molar-refractivity contribution in [3.05, 3.63) is 87.9 Å². The van der Waals surface area contributed by atoms with Crippen molar-refractivity contribution in [3.8, 4) is 17.2 Å². The van der Waals surface area contributed by atoms with Crippen LogP contribution >= 0.6 is 15.9 Å². The molecule has 0 spiro atoms. The quantitative estimate of drug-likeness (QED) is 0.476. The van der Waals surface area contributed by atoms with Crippen LogP contribution in [0.25, 0.3) is 0 Å². The van der Waals surface area contributed by atoms with Gasteiger partial charge >= 0.3 is 0 Å². The summed E-state index contributed by atoms with van der Waals surface area (Å²) in [6, 6.07) is 20.7. The molecule has 4 rings (SSSR count).